The number of benzene rings is 1. The Labute approximate surface area is 122 Å². The number of rotatable bonds is 2. The van der Waals surface area contributed by atoms with E-state index >= 15 is 0 Å². The van der Waals surface area contributed by atoms with Gasteiger partial charge in [-0.3, -0.25) is 14.4 Å². The van der Waals surface area contributed by atoms with Crippen LogP contribution in [0.5, 0.6) is 0 Å². The molecule has 6 heteroatoms. The predicted molar refractivity (Wildman–Crippen MR) is 73.6 cm³/mol. The highest BCUT2D eigenvalue weighted by Gasteiger charge is 2.42. The van der Waals surface area contributed by atoms with Gasteiger partial charge in [0.15, 0.2) is 11.9 Å². The van der Waals surface area contributed by atoms with E-state index in [1.54, 1.807) is 6.08 Å². The lowest BCUT2D eigenvalue weighted by molar-refractivity contribution is -0.148. The van der Waals surface area contributed by atoms with Crippen molar-refractivity contribution in [2.45, 2.75) is 25.2 Å². The van der Waals surface area contributed by atoms with Crippen molar-refractivity contribution in [2.75, 3.05) is 0 Å². The fraction of sp³-hybridized carbons (Fsp3) is 0.333. The zero-order valence-corrected chi connectivity index (χ0v) is 11.3. The van der Waals surface area contributed by atoms with E-state index in [4.69, 9.17) is 10.6 Å². The van der Waals surface area contributed by atoms with Gasteiger partial charge in [0.1, 0.15) is 6.10 Å². The van der Waals surface area contributed by atoms with E-state index in [1.807, 2.05) is 30.3 Å². The molecule has 1 aromatic rings. The molecule has 1 aliphatic carbocycles. The van der Waals surface area contributed by atoms with Crippen molar-refractivity contribution in [2.24, 2.45) is 11.8 Å². The maximum atomic E-state index is 10.9. The molecule has 1 aliphatic heterocycles. The molecule has 0 radical (unpaired) electrons. The van der Waals surface area contributed by atoms with Crippen molar-refractivity contribution in [3.05, 3.63) is 48.0 Å². The molecule has 21 heavy (non-hydrogen) atoms. The van der Waals surface area contributed by atoms with Gasteiger partial charge in [0.2, 0.25) is 0 Å². The van der Waals surface area contributed by atoms with E-state index in [2.05, 4.69) is 4.84 Å². The molecule has 3 rings (SSSR count). The summed E-state index contributed by atoms with van der Waals surface area (Å²) in [6.07, 6.45) is 1.41. The summed E-state index contributed by atoms with van der Waals surface area (Å²) in [5.74, 6) is 4.01. The number of nitrogens with two attached hydrogens (primary N) is 1. The van der Waals surface area contributed by atoms with Gasteiger partial charge in [-0.25, -0.2) is 5.90 Å². The Hall–Kier alpha value is -2.02. The van der Waals surface area contributed by atoms with Gasteiger partial charge in [-0.05, 0) is 11.6 Å². The van der Waals surface area contributed by atoms with Gasteiger partial charge in [-0.1, -0.05) is 36.4 Å². The van der Waals surface area contributed by atoms with E-state index < -0.39 is 12.2 Å². The minimum absolute atomic E-state index is 0.120. The third-order valence-electron chi connectivity index (χ3n) is 3.30. The van der Waals surface area contributed by atoms with E-state index in [-0.39, 0.29) is 24.1 Å². The number of esters is 1. The largest absolute Gasteiger partial charge is 0.458 e. The maximum absolute atomic E-state index is 10.9. The van der Waals surface area contributed by atoms with Crippen LogP contribution < -0.4 is 5.90 Å². The maximum Gasteiger partial charge on any atom is 0.306 e. The summed E-state index contributed by atoms with van der Waals surface area (Å²) in [7, 11) is 0. The van der Waals surface area contributed by atoms with Crippen LogP contribution >= 0.6 is 0 Å². The zero-order chi connectivity index (χ0) is 15.2. The molecule has 0 spiro atoms. The normalized spacial score (nSPS) is 26.7. The molecule has 0 aromatic heterocycles. The van der Waals surface area contributed by atoms with Crippen molar-refractivity contribution >= 4 is 11.8 Å². The third kappa shape index (κ3) is 3.98. The van der Waals surface area contributed by atoms with Crippen LogP contribution in [0.3, 0.4) is 0 Å². The zero-order valence-electron chi connectivity index (χ0n) is 11.3. The summed E-state index contributed by atoms with van der Waals surface area (Å²) >= 11 is 0. The Morgan fingerprint density at radius 2 is 2.00 bits per heavy atom. The van der Waals surface area contributed by atoms with Crippen molar-refractivity contribution in [1.82, 2.24) is 0 Å². The van der Waals surface area contributed by atoms with Gasteiger partial charge in [-0.2, -0.15) is 0 Å². The van der Waals surface area contributed by atoms with E-state index in [0.717, 1.165) is 5.56 Å². The first-order chi connectivity index (χ1) is 10.1. The van der Waals surface area contributed by atoms with Crippen LogP contribution in [0, 0.1) is 5.92 Å². The average Bonchev–Trinajstić information content (AvgIpc) is 2.87. The number of ketones is 1. The highest BCUT2D eigenvalue weighted by molar-refractivity contribution is 5.95. The number of ether oxygens (including phenoxy) is 1. The first-order valence-corrected chi connectivity index (χ1v) is 6.57. The van der Waals surface area contributed by atoms with Gasteiger partial charge >= 0.3 is 5.97 Å². The minimum Gasteiger partial charge on any atom is -0.458 e. The van der Waals surface area contributed by atoms with Crippen LogP contribution in [0.4, 0.5) is 0 Å². The van der Waals surface area contributed by atoms with Crippen LogP contribution in [0.15, 0.2) is 42.5 Å². The van der Waals surface area contributed by atoms with Gasteiger partial charge in [-0.15, -0.1) is 0 Å². The molecule has 3 N–H and O–H groups in total. The Balaban J connectivity index is 0.000000161. The topological polar surface area (TPSA) is 98.9 Å². The second kappa shape index (κ2) is 7.12. The van der Waals surface area contributed by atoms with Crippen molar-refractivity contribution < 1.29 is 24.3 Å². The molecule has 2 aliphatic rings. The number of aliphatic hydroxyl groups excluding tert-OH is 1. The lowest BCUT2D eigenvalue weighted by atomic mass is 9.89. The number of fused-ring (bicyclic) bond motifs is 1. The molecule has 0 saturated carbocycles. The molecule has 0 bridgehead atoms. The smallest absolute Gasteiger partial charge is 0.306 e. The lowest BCUT2D eigenvalue weighted by Crippen LogP contribution is -2.39. The first-order valence-electron chi connectivity index (χ1n) is 6.57. The molecular formula is C15H17NO5. The summed E-state index contributed by atoms with van der Waals surface area (Å²) in [5, 5.41) is 9.29. The van der Waals surface area contributed by atoms with Crippen LogP contribution in [0.25, 0.3) is 0 Å². The summed E-state index contributed by atoms with van der Waals surface area (Å²) in [6, 6.07) is 9.79. The van der Waals surface area contributed by atoms with E-state index in [9.17, 15) is 14.7 Å². The Morgan fingerprint density at radius 1 is 1.29 bits per heavy atom. The molecule has 0 amide bonds. The number of aliphatic hydroxyl groups is 1. The summed E-state index contributed by atoms with van der Waals surface area (Å²) < 4.78 is 4.79. The molecular weight excluding hydrogens is 274 g/mol. The second-order valence-electron chi connectivity index (χ2n) is 4.83. The number of hydrogen-bond donors (Lipinski definition) is 2. The Kier molecular flexibility index (Phi) is 5.21. The second-order valence-corrected chi connectivity index (χ2v) is 4.83. The molecule has 1 heterocycles. The van der Waals surface area contributed by atoms with Crippen LogP contribution in [-0.2, 0) is 25.8 Å². The molecule has 3 atom stereocenters. The molecule has 1 fully saturated rings. The lowest BCUT2D eigenvalue weighted by Gasteiger charge is -2.22. The Bertz CT molecular complexity index is 528. The average molecular weight is 291 g/mol. The van der Waals surface area contributed by atoms with E-state index in [1.165, 1.54) is 6.08 Å². The number of carbonyl (C=O) groups is 2. The van der Waals surface area contributed by atoms with Crippen LogP contribution in [-0.4, -0.2) is 29.1 Å². The molecule has 112 valence electrons. The number of carbonyl (C=O) groups excluding carboxylic acids is 2. The van der Waals surface area contributed by atoms with Gasteiger partial charge in [0.05, 0.1) is 13.0 Å². The van der Waals surface area contributed by atoms with Gasteiger partial charge < -0.3 is 9.84 Å². The predicted octanol–water partition coefficient (Wildman–Crippen LogP) is 0.495. The minimum atomic E-state index is -1.16. The third-order valence-corrected chi connectivity index (χ3v) is 3.30. The summed E-state index contributed by atoms with van der Waals surface area (Å²) in [4.78, 5) is 26.1. The standard InChI is InChI=1S/C8H8O4.C7H9NO/c9-5-2-1-4-3-6(10)12-8(4)7(5)11;8-9-6-7-4-2-1-3-5-7/h1-2,4,7-8,11H,3H2;1-5H,6,8H2/t4-,7-,8+;/m1./s1. The molecule has 1 aromatic carbocycles. The first kappa shape index (κ1) is 15.4. The highest BCUT2D eigenvalue weighted by atomic mass is 16.6. The molecule has 0 unspecified atom stereocenters. The monoisotopic (exact) mass is 291 g/mol. The Morgan fingerprint density at radius 3 is 2.67 bits per heavy atom. The van der Waals surface area contributed by atoms with Crippen LogP contribution in [0.2, 0.25) is 0 Å². The summed E-state index contributed by atoms with van der Waals surface area (Å²) in [5.41, 5.74) is 1.10. The van der Waals surface area contributed by atoms with Crippen LogP contribution in [0.1, 0.15) is 12.0 Å². The van der Waals surface area contributed by atoms with Gasteiger partial charge in [0, 0.05) is 5.92 Å². The van der Waals surface area contributed by atoms with Crippen molar-refractivity contribution in [1.29, 1.82) is 0 Å². The SMILES string of the molecule is NOCc1ccccc1.O=C1C[C@H]2C=CC(=O)[C@@H](O)[C@H]2O1. The van der Waals surface area contributed by atoms with Crippen molar-refractivity contribution in [3.8, 4) is 0 Å². The number of hydrogen-bond acceptors (Lipinski definition) is 6. The fourth-order valence-corrected chi connectivity index (χ4v) is 2.22. The summed E-state index contributed by atoms with van der Waals surface area (Å²) in [6.45, 7) is 0.487. The van der Waals surface area contributed by atoms with Gasteiger partial charge in [0.25, 0.3) is 0 Å². The highest BCUT2D eigenvalue weighted by Crippen LogP contribution is 2.29. The molecule has 1 saturated heterocycles. The quantitative estimate of drug-likeness (QED) is 0.608. The van der Waals surface area contributed by atoms with Crippen molar-refractivity contribution in [3.63, 3.8) is 0 Å². The van der Waals surface area contributed by atoms with E-state index in [0.29, 0.717) is 6.61 Å². The fourth-order valence-electron chi connectivity index (χ4n) is 2.22. The molecule has 6 nitrogen and oxygen atoms in total.